The van der Waals surface area contributed by atoms with Gasteiger partial charge in [-0.15, -0.1) is 0 Å². The van der Waals surface area contributed by atoms with E-state index < -0.39 is 0 Å². The number of hydrogen-bond acceptors (Lipinski definition) is 2. The van der Waals surface area contributed by atoms with E-state index >= 15 is 0 Å². The molecular weight excluding hydrogens is 251 g/mol. The average molecular weight is 276 g/mol. The van der Waals surface area contributed by atoms with Gasteiger partial charge in [-0.3, -0.25) is 0 Å². The zero-order valence-corrected chi connectivity index (χ0v) is 12.4. The van der Waals surface area contributed by atoms with E-state index in [4.69, 9.17) is 0 Å². The lowest BCUT2D eigenvalue weighted by Crippen LogP contribution is -2.38. The van der Waals surface area contributed by atoms with Gasteiger partial charge in [-0.25, -0.2) is 4.39 Å². The monoisotopic (exact) mass is 276 g/mol. The summed E-state index contributed by atoms with van der Waals surface area (Å²) in [5, 5.41) is 3.68. The van der Waals surface area contributed by atoms with Crippen molar-refractivity contribution < 1.29 is 4.39 Å². The molecule has 1 aromatic rings. The first-order valence-electron chi connectivity index (χ1n) is 7.99. The van der Waals surface area contributed by atoms with Crippen molar-refractivity contribution in [1.82, 2.24) is 5.32 Å². The van der Waals surface area contributed by atoms with Crippen LogP contribution in [0, 0.1) is 11.7 Å². The maximum atomic E-state index is 13.3. The topological polar surface area (TPSA) is 15.3 Å². The molecule has 2 aliphatic rings. The van der Waals surface area contributed by atoms with Gasteiger partial charge < -0.3 is 10.2 Å². The van der Waals surface area contributed by atoms with E-state index in [0.29, 0.717) is 6.04 Å². The van der Waals surface area contributed by atoms with Crippen molar-refractivity contribution in [3.63, 3.8) is 0 Å². The Kier molecular flexibility index (Phi) is 4.25. The number of rotatable bonds is 4. The fourth-order valence-corrected chi connectivity index (χ4v) is 3.52. The highest BCUT2D eigenvalue weighted by molar-refractivity contribution is 5.58. The van der Waals surface area contributed by atoms with Gasteiger partial charge in [0.15, 0.2) is 0 Å². The lowest BCUT2D eigenvalue weighted by atomic mass is 9.87. The molecule has 1 heterocycles. The Bertz CT molecular complexity index is 452. The molecule has 0 saturated heterocycles. The minimum atomic E-state index is -0.120. The van der Waals surface area contributed by atoms with Crippen molar-refractivity contribution in [2.75, 3.05) is 24.5 Å². The van der Waals surface area contributed by atoms with Crippen molar-refractivity contribution in [3.8, 4) is 0 Å². The van der Waals surface area contributed by atoms with Gasteiger partial charge >= 0.3 is 0 Å². The Morgan fingerprint density at radius 2 is 2.05 bits per heavy atom. The third-order valence-electron chi connectivity index (χ3n) is 4.87. The van der Waals surface area contributed by atoms with Crippen LogP contribution in [0.4, 0.5) is 10.1 Å². The normalized spacial score (nSPS) is 25.8. The van der Waals surface area contributed by atoms with Crippen LogP contribution in [0.15, 0.2) is 18.2 Å². The molecule has 0 atom stereocenters. The number of fused-ring (bicyclic) bond motifs is 1. The molecule has 2 nitrogen and oxygen atoms in total. The molecule has 0 spiro atoms. The van der Waals surface area contributed by atoms with Crippen molar-refractivity contribution in [3.05, 3.63) is 29.6 Å². The van der Waals surface area contributed by atoms with E-state index in [-0.39, 0.29) is 5.82 Å². The maximum Gasteiger partial charge on any atom is 0.125 e. The second kappa shape index (κ2) is 6.13. The predicted molar refractivity (Wildman–Crippen MR) is 81.7 cm³/mol. The van der Waals surface area contributed by atoms with E-state index in [1.807, 2.05) is 6.07 Å². The van der Waals surface area contributed by atoms with Crippen molar-refractivity contribution in [2.45, 2.75) is 45.1 Å². The van der Waals surface area contributed by atoms with E-state index in [1.54, 1.807) is 12.1 Å². The van der Waals surface area contributed by atoms with Crippen LogP contribution in [0.1, 0.15) is 38.2 Å². The summed E-state index contributed by atoms with van der Waals surface area (Å²) >= 11 is 0. The Morgan fingerprint density at radius 1 is 1.25 bits per heavy atom. The first kappa shape index (κ1) is 13.9. The third kappa shape index (κ3) is 3.14. The highest BCUT2D eigenvalue weighted by atomic mass is 19.1. The van der Waals surface area contributed by atoms with Gasteiger partial charge in [-0.1, -0.05) is 13.0 Å². The van der Waals surface area contributed by atoms with E-state index in [0.717, 1.165) is 37.7 Å². The molecule has 0 radical (unpaired) electrons. The Labute approximate surface area is 121 Å². The summed E-state index contributed by atoms with van der Waals surface area (Å²) in [6, 6.07) is 5.88. The Balaban J connectivity index is 1.47. The smallest absolute Gasteiger partial charge is 0.125 e. The lowest BCUT2D eigenvalue weighted by Gasteiger charge is -2.28. The summed E-state index contributed by atoms with van der Waals surface area (Å²) in [5.74, 6) is 0.784. The minimum Gasteiger partial charge on any atom is -0.370 e. The van der Waals surface area contributed by atoms with Crippen LogP contribution in [0.25, 0.3) is 0 Å². The van der Waals surface area contributed by atoms with Crippen LogP contribution >= 0.6 is 0 Å². The molecule has 3 heteroatoms. The second-order valence-corrected chi connectivity index (χ2v) is 6.42. The van der Waals surface area contributed by atoms with Crippen LogP contribution in [0.2, 0.25) is 0 Å². The minimum absolute atomic E-state index is 0.120. The van der Waals surface area contributed by atoms with E-state index in [2.05, 4.69) is 17.1 Å². The summed E-state index contributed by atoms with van der Waals surface area (Å²) in [7, 11) is 0. The molecule has 0 unspecified atom stereocenters. The number of benzene rings is 1. The Morgan fingerprint density at radius 3 is 2.85 bits per heavy atom. The highest BCUT2D eigenvalue weighted by Gasteiger charge is 2.20. The van der Waals surface area contributed by atoms with Gasteiger partial charge in [-0.2, -0.15) is 0 Å². The molecular formula is C17H25FN2. The molecule has 0 bridgehead atoms. The molecule has 1 fully saturated rings. The van der Waals surface area contributed by atoms with E-state index in [9.17, 15) is 4.39 Å². The SMILES string of the molecule is CC1CCC(NCCN2CCc3ccc(F)cc32)CC1. The molecule has 110 valence electrons. The molecule has 0 amide bonds. The quantitative estimate of drug-likeness (QED) is 0.907. The third-order valence-corrected chi connectivity index (χ3v) is 4.87. The summed E-state index contributed by atoms with van der Waals surface area (Å²) in [4.78, 5) is 2.32. The first-order chi connectivity index (χ1) is 9.72. The van der Waals surface area contributed by atoms with Crippen LogP contribution in [0.5, 0.6) is 0 Å². The summed E-state index contributed by atoms with van der Waals surface area (Å²) in [5.41, 5.74) is 2.39. The summed E-state index contributed by atoms with van der Waals surface area (Å²) < 4.78 is 13.3. The zero-order valence-electron chi connectivity index (χ0n) is 12.4. The standard InChI is InChI=1S/C17H25FN2/c1-13-2-6-16(7-3-13)19-9-11-20-10-8-14-4-5-15(18)12-17(14)20/h4-5,12-13,16,19H,2-3,6-11H2,1H3. The molecule has 1 N–H and O–H groups in total. The van der Waals surface area contributed by atoms with Crippen LogP contribution in [-0.2, 0) is 6.42 Å². The number of anilines is 1. The largest absolute Gasteiger partial charge is 0.370 e. The Hall–Kier alpha value is -1.09. The molecule has 1 aromatic carbocycles. The lowest BCUT2D eigenvalue weighted by molar-refractivity contribution is 0.309. The number of nitrogens with zero attached hydrogens (tertiary/aromatic N) is 1. The van der Waals surface area contributed by atoms with Crippen LogP contribution < -0.4 is 10.2 Å². The van der Waals surface area contributed by atoms with Crippen molar-refractivity contribution >= 4 is 5.69 Å². The van der Waals surface area contributed by atoms with Gasteiger partial charge in [0, 0.05) is 31.4 Å². The van der Waals surface area contributed by atoms with Gasteiger partial charge in [0.2, 0.25) is 0 Å². The molecule has 20 heavy (non-hydrogen) atoms. The fourth-order valence-electron chi connectivity index (χ4n) is 3.52. The number of hydrogen-bond donors (Lipinski definition) is 1. The van der Waals surface area contributed by atoms with Gasteiger partial charge in [0.25, 0.3) is 0 Å². The van der Waals surface area contributed by atoms with Gasteiger partial charge in [0.1, 0.15) is 5.82 Å². The molecule has 1 saturated carbocycles. The van der Waals surface area contributed by atoms with Crippen molar-refractivity contribution in [2.24, 2.45) is 5.92 Å². The fraction of sp³-hybridized carbons (Fsp3) is 0.647. The second-order valence-electron chi connectivity index (χ2n) is 6.42. The first-order valence-corrected chi connectivity index (χ1v) is 7.99. The highest BCUT2D eigenvalue weighted by Crippen LogP contribution is 2.28. The number of halogens is 1. The molecule has 0 aromatic heterocycles. The summed E-state index contributed by atoms with van der Waals surface area (Å²) in [6.07, 6.45) is 6.39. The predicted octanol–water partition coefficient (Wildman–Crippen LogP) is 3.36. The average Bonchev–Trinajstić information content (AvgIpc) is 2.84. The maximum absolute atomic E-state index is 13.3. The molecule has 3 rings (SSSR count). The molecule has 1 aliphatic carbocycles. The molecule has 1 aliphatic heterocycles. The van der Waals surface area contributed by atoms with Gasteiger partial charge in [0.05, 0.1) is 0 Å². The number of nitrogens with one attached hydrogen (secondary N) is 1. The van der Waals surface area contributed by atoms with Crippen molar-refractivity contribution in [1.29, 1.82) is 0 Å². The van der Waals surface area contributed by atoms with Crippen LogP contribution in [0.3, 0.4) is 0 Å². The summed E-state index contributed by atoms with van der Waals surface area (Å²) in [6.45, 7) is 5.38. The van der Waals surface area contributed by atoms with Gasteiger partial charge in [-0.05, 0) is 55.7 Å². The van der Waals surface area contributed by atoms with Crippen LogP contribution in [-0.4, -0.2) is 25.7 Å². The van der Waals surface area contributed by atoms with E-state index in [1.165, 1.54) is 31.2 Å². The zero-order chi connectivity index (χ0) is 13.9.